The first-order chi connectivity index (χ1) is 25.9. The van der Waals surface area contributed by atoms with Crippen molar-refractivity contribution in [3.8, 4) is 11.4 Å². The number of nitrogens with one attached hydrogen (secondary N) is 3. The summed E-state index contributed by atoms with van der Waals surface area (Å²) in [6, 6.07) is 9.48. The minimum absolute atomic E-state index is 0.00734. The van der Waals surface area contributed by atoms with E-state index in [1.54, 1.807) is 17.6 Å². The fraction of sp³-hybridized carbons (Fsp3) is 0.474. The van der Waals surface area contributed by atoms with Crippen LogP contribution in [0.5, 0.6) is 0 Å². The maximum Gasteiger partial charge on any atom is 0.355 e. The van der Waals surface area contributed by atoms with Crippen molar-refractivity contribution in [3.63, 3.8) is 0 Å². The van der Waals surface area contributed by atoms with Gasteiger partial charge < -0.3 is 41.5 Å². The number of hydrogen-bond acceptors (Lipinski definition) is 11. The van der Waals surface area contributed by atoms with Crippen LogP contribution in [-0.4, -0.2) is 70.3 Å². The van der Waals surface area contributed by atoms with Gasteiger partial charge in [0.15, 0.2) is 0 Å². The highest BCUT2D eigenvalue weighted by Gasteiger charge is 2.50. The van der Waals surface area contributed by atoms with Crippen molar-refractivity contribution in [3.05, 3.63) is 63.4 Å². The first-order valence-corrected chi connectivity index (χ1v) is 18.3. The summed E-state index contributed by atoms with van der Waals surface area (Å²) in [6.45, 7) is 3.65. The minimum Gasteiger partial charge on any atom is -0.457 e. The maximum atomic E-state index is 13.7. The molecule has 4 amide bonds. The zero-order valence-electron chi connectivity index (χ0n) is 30.5. The number of rotatable bonds is 18. The maximum absolute atomic E-state index is 13.7. The largest absolute Gasteiger partial charge is 0.457 e. The van der Waals surface area contributed by atoms with Gasteiger partial charge in [0.2, 0.25) is 29.2 Å². The predicted molar refractivity (Wildman–Crippen MR) is 196 cm³/mol. The van der Waals surface area contributed by atoms with E-state index in [4.69, 9.17) is 25.9 Å². The fourth-order valence-corrected chi connectivity index (χ4v) is 6.90. The Kier molecular flexibility index (Phi) is 12.8. The Labute approximate surface area is 311 Å². The minimum atomic E-state index is -1.88. The summed E-state index contributed by atoms with van der Waals surface area (Å²) in [4.78, 5) is 94.0. The monoisotopic (exact) mass is 745 g/mol. The molecule has 1 aromatic carbocycles. The number of esters is 2. The lowest BCUT2D eigenvalue weighted by atomic mass is 9.85. The molecule has 3 aromatic rings. The third kappa shape index (κ3) is 8.76. The summed E-state index contributed by atoms with van der Waals surface area (Å²) >= 11 is 0. The van der Waals surface area contributed by atoms with Gasteiger partial charge in [-0.3, -0.25) is 28.8 Å². The molecule has 4 heterocycles. The number of carbonyl (C=O) groups excluding carboxylic acids is 6. The highest BCUT2D eigenvalue weighted by Crippen LogP contribution is 2.41. The highest BCUT2D eigenvalue weighted by molar-refractivity contribution is 5.91. The van der Waals surface area contributed by atoms with Crippen molar-refractivity contribution in [2.24, 2.45) is 11.5 Å². The number of hydrogen-bond donors (Lipinski definition) is 5. The topological polar surface area (TPSA) is 244 Å². The molecule has 54 heavy (non-hydrogen) atoms. The predicted octanol–water partition coefficient (Wildman–Crippen LogP) is 1.30. The molecule has 5 rings (SSSR count). The molecular weight excluding hydrogens is 698 g/mol. The van der Waals surface area contributed by atoms with Gasteiger partial charge in [-0.25, -0.2) is 9.78 Å². The van der Waals surface area contributed by atoms with Crippen LogP contribution in [-0.2, 0) is 57.0 Å². The van der Waals surface area contributed by atoms with Crippen LogP contribution in [0.15, 0.2) is 41.2 Å². The Morgan fingerprint density at radius 1 is 1.00 bits per heavy atom. The number of fused-ring (bicyclic) bond motifs is 5. The van der Waals surface area contributed by atoms with E-state index in [0.717, 1.165) is 16.5 Å². The van der Waals surface area contributed by atoms with Gasteiger partial charge in [-0.05, 0) is 69.7 Å². The number of para-hydroxylation sites is 1. The summed E-state index contributed by atoms with van der Waals surface area (Å²) in [6.07, 6.45) is 2.14. The number of pyridine rings is 2. The molecule has 0 saturated carbocycles. The van der Waals surface area contributed by atoms with E-state index < -0.39 is 47.3 Å². The smallest absolute Gasteiger partial charge is 0.355 e. The number of aromatic nitrogens is 2. The van der Waals surface area contributed by atoms with Crippen molar-refractivity contribution in [2.45, 2.75) is 102 Å². The second-order valence-corrected chi connectivity index (χ2v) is 13.6. The molecule has 0 fully saturated rings. The Bertz CT molecular complexity index is 2010. The van der Waals surface area contributed by atoms with Gasteiger partial charge in [-0.2, -0.15) is 0 Å². The number of amides is 4. The second kappa shape index (κ2) is 17.5. The highest BCUT2D eigenvalue weighted by atomic mass is 16.6. The van der Waals surface area contributed by atoms with Crippen LogP contribution in [0, 0.1) is 0 Å². The molecule has 0 spiro atoms. The van der Waals surface area contributed by atoms with Gasteiger partial charge in [0.25, 0.3) is 5.56 Å². The molecule has 288 valence electrons. The molecule has 0 aliphatic carbocycles. The van der Waals surface area contributed by atoms with E-state index in [2.05, 4.69) is 16.0 Å². The summed E-state index contributed by atoms with van der Waals surface area (Å²) in [7, 11) is 0. The quantitative estimate of drug-likeness (QED) is 0.0718. The van der Waals surface area contributed by atoms with Crippen LogP contribution in [0.25, 0.3) is 22.3 Å². The van der Waals surface area contributed by atoms with Crippen LogP contribution in [0.3, 0.4) is 0 Å². The first-order valence-electron chi connectivity index (χ1n) is 18.3. The molecule has 2 aliphatic heterocycles. The number of nitrogens with two attached hydrogens (primary N) is 2. The summed E-state index contributed by atoms with van der Waals surface area (Å²) in [5.74, 6) is -3.69. The molecule has 0 saturated heterocycles. The average Bonchev–Trinajstić information content (AvgIpc) is 3.50. The Morgan fingerprint density at radius 3 is 2.46 bits per heavy atom. The van der Waals surface area contributed by atoms with Crippen LogP contribution in [0.4, 0.5) is 0 Å². The van der Waals surface area contributed by atoms with Crippen molar-refractivity contribution in [1.82, 2.24) is 25.5 Å². The number of ether oxygens (including phenoxy) is 2. The lowest BCUT2D eigenvalue weighted by molar-refractivity contribution is -0.189. The van der Waals surface area contributed by atoms with Crippen molar-refractivity contribution in [2.75, 3.05) is 13.1 Å². The Morgan fingerprint density at radius 2 is 1.74 bits per heavy atom. The summed E-state index contributed by atoms with van der Waals surface area (Å²) in [5, 5.41) is 8.83. The van der Waals surface area contributed by atoms with Gasteiger partial charge >= 0.3 is 11.9 Å². The molecule has 0 bridgehead atoms. The Balaban J connectivity index is 1.15. The zero-order chi connectivity index (χ0) is 39.0. The molecule has 3 atom stereocenters. The molecule has 7 N–H and O–H groups in total. The van der Waals surface area contributed by atoms with E-state index >= 15 is 0 Å². The normalized spacial score (nSPS) is 16.6. The third-order valence-electron chi connectivity index (χ3n) is 9.77. The van der Waals surface area contributed by atoms with Gasteiger partial charge in [0.1, 0.15) is 18.7 Å². The van der Waals surface area contributed by atoms with E-state index in [1.165, 1.54) is 6.92 Å². The average molecular weight is 746 g/mol. The molecule has 2 aliphatic rings. The molecular formula is C38H47N7O9. The standard InChI is InChI=1S/C38H47N7O9/c1-3-38(26-19-30-33-24(18-23-10-4-5-11-27(23)43-33)20-45(30)36(51)25(26)21-53-37(38)52)54-32(48)15-14-31(47)41-17-9-7-12-28(34(40)49)44-35(50)29(42-22(2)46)13-6-8-16-39/h4-5,10-11,18-19,28-29H,3,6-9,12-17,20-21,39H2,1-2H3,(H2,40,49)(H,41,47)(H,42,46)(H,44,50)/t28-,29-,38-/m0/s1. The summed E-state index contributed by atoms with van der Waals surface area (Å²) < 4.78 is 12.8. The van der Waals surface area contributed by atoms with E-state index in [1.807, 2.05) is 30.3 Å². The van der Waals surface area contributed by atoms with Crippen molar-refractivity contribution >= 4 is 46.5 Å². The fourth-order valence-electron chi connectivity index (χ4n) is 6.90. The third-order valence-corrected chi connectivity index (χ3v) is 9.77. The summed E-state index contributed by atoms with van der Waals surface area (Å²) in [5.41, 5.74) is 12.0. The molecule has 2 aromatic heterocycles. The van der Waals surface area contributed by atoms with Crippen LogP contribution in [0.2, 0.25) is 0 Å². The Hall–Kier alpha value is -5.64. The van der Waals surface area contributed by atoms with E-state index in [0.29, 0.717) is 56.6 Å². The number of unbranched alkanes of at least 4 members (excludes halogenated alkanes) is 2. The van der Waals surface area contributed by atoms with Crippen LogP contribution < -0.4 is 33.0 Å². The molecule has 16 heteroatoms. The van der Waals surface area contributed by atoms with Gasteiger partial charge in [0, 0.05) is 36.4 Å². The molecule has 16 nitrogen and oxygen atoms in total. The number of cyclic esters (lactones) is 1. The van der Waals surface area contributed by atoms with Crippen LogP contribution in [0.1, 0.15) is 88.3 Å². The SMILES string of the molecule is CC[C@@]1(OC(=O)CCC(=O)NCCCC[C@H](NC(=O)[C@H](CCCCN)NC(C)=O)C(N)=O)C(=O)OCc2c1cc1n(c2=O)Cc2cc3ccccc3nc2-1. The van der Waals surface area contributed by atoms with Gasteiger partial charge in [-0.1, -0.05) is 25.1 Å². The van der Waals surface area contributed by atoms with Crippen molar-refractivity contribution in [1.29, 1.82) is 0 Å². The first kappa shape index (κ1) is 39.6. The van der Waals surface area contributed by atoms with Gasteiger partial charge in [-0.15, -0.1) is 0 Å². The van der Waals surface area contributed by atoms with Crippen LogP contribution >= 0.6 is 0 Å². The lowest BCUT2D eigenvalue weighted by Gasteiger charge is -2.35. The van der Waals surface area contributed by atoms with E-state index in [-0.39, 0.29) is 61.4 Å². The number of nitrogens with zero attached hydrogens (tertiary/aromatic N) is 2. The molecule has 0 unspecified atom stereocenters. The van der Waals surface area contributed by atoms with E-state index in [9.17, 15) is 33.6 Å². The molecule has 0 radical (unpaired) electrons. The lowest BCUT2D eigenvalue weighted by Crippen LogP contribution is -2.52. The van der Waals surface area contributed by atoms with Gasteiger partial charge in [0.05, 0.1) is 35.4 Å². The second-order valence-electron chi connectivity index (χ2n) is 13.6. The number of primary amides is 1. The zero-order valence-corrected chi connectivity index (χ0v) is 30.5. The number of carbonyl (C=O) groups is 6. The van der Waals surface area contributed by atoms with Crippen molar-refractivity contribution < 1.29 is 38.2 Å². The number of benzene rings is 1.